The molecule has 1 unspecified atom stereocenters. The second kappa shape index (κ2) is 4.09. The van der Waals surface area contributed by atoms with E-state index in [0.29, 0.717) is 0 Å². The quantitative estimate of drug-likeness (QED) is 0.551. The Labute approximate surface area is 44.3 Å². The minimum atomic E-state index is -0.245. The Morgan fingerprint density at radius 1 is 1.71 bits per heavy atom. The van der Waals surface area contributed by atoms with Gasteiger partial charge < -0.3 is 5.11 Å². The van der Waals surface area contributed by atoms with Gasteiger partial charge in [0.2, 0.25) is 0 Å². The Hall–Kier alpha value is -0.0800. The van der Waals surface area contributed by atoms with Crippen molar-refractivity contribution in [1.29, 1.82) is 0 Å². The number of aliphatic hydroxyl groups excluding tert-OH is 1. The van der Waals surface area contributed by atoms with Crippen LogP contribution in [-0.4, -0.2) is 17.8 Å². The molecular weight excluding hydrogens is 90.1 g/mol. The molecule has 1 radical (unpaired) electrons. The summed E-state index contributed by atoms with van der Waals surface area (Å²) in [5, 5.41) is 8.28. The molecule has 0 aromatic rings. The maximum atomic E-state index is 8.28. The highest BCUT2D eigenvalue weighted by Crippen LogP contribution is 1.91. The van der Waals surface area contributed by atoms with Crippen LogP contribution in [0.15, 0.2) is 0 Å². The van der Waals surface area contributed by atoms with Crippen LogP contribution in [0.4, 0.5) is 0 Å². The molecule has 43 valence electrons. The molecular formula is C5H12NO. The van der Waals surface area contributed by atoms with Crippen LogP contribution in [0.25, 0.3) is 0 Å². The van der Waals surface area contributed by atoms with E-state index in [9.17, 15) is 0 Å². The first kappa shape index (κ1) is 6.92. The van der Waals surface area contributed by atoms with Gasteiger partial charge in [-0.1, -0.05) is 13.3 Å². The molecule has 2 heteroatoms. The molecule has 0 bridgehead atoms. The molecule has 1 atom stereocenters. The molecule has 0 heterocycles. The van der Waals surface area contributed by atoms with E-state index in [2.05, 4.69) is 0 Å². The highest BCUT2D eigenvalue weighted by molar-refractivity contribution is 4.54. The van der Waals surface area contributed by atoms with Crippen LogP contribution in [0.5, 0.6) is 0 Å². The molecule has 2 N–H and O–H groups in total. The van der Waals surface area contributed by atoms with E-state index in [1.54, 1.807) is 0 Å². The molecule has 0 aromatic heterocycles. The van der Waals surface area contributed by atoms with Crippen molar-refractivity contribution in [2.24, 2.45) is 0 Å². The van der Waals surface area contributed by atoms with Crippen molar-refractivity contribution in [3.63, 3.8) is 0 Å². The third-order valence-corrected chi connectivity index (χ3v) is 0.858. The minimum Gasteiger partial charge on any atom is -0.395 e. The van der Waals surface area contributed by atoms with E-state index in [4.69, 9.17) is 10.8 Å². The summed E-state index contributed by atoms with van der Waals surface area (Å²) in [6.07, 6.45) is 1.81. The molecule has 0 saturated carbocycles. The Morgan fingerprint density at radius 3 is 2.43 bits per heavy atom. The summed E-state index contributed by atoms with van der Waals surface area (Å²) in [6, 6.07) is -0.245. The van der Waals surface area contributed by atoms with E-state index in [1.807, 2.05) is 6.92 Å². The van der Waals surface area contributed by atoms with Crippen molar-refractivity contribution in [3.8, 4) is 0 Å². The zero-order valence-electron chi connectivity index (χ0n) is 4.65. The fraction of sp³-hybridized carbons (Fsp3) is 1.00. The predicted octanol–water partition coefficient (Wildman–Crippen LogP) is 0.430. The van der Waals surface area contributed by atoms with Crippen LogP contribution >= 0.6 is 0 Å². The van der Waals surface area contributed by atoms with E-state index in [-0.39, 0.29) is 12.6 Å². The summed E-state index contributed by atoms with van der Waals surface area (Å²) in [4.78, 5) is 0. The van der Waals surface area contributed by atoms with Crippen molar-refractivity contribution in [1.82, 2.24) is 5.73 Å². The Bertz CT molecular complexity index is 39.1. The highest BCUT2D eigenvalue weighted by atomic mass is 16.3. The molecule has 0 spiro atoms. The van der Waals surface area contributed by atoms with Gasteiger partial charge >= 0.3 is 0 Å². The Kier molecular flexibility index (Phi) is 4.04. The van der Waals surface area contributed by atoms with Crippen LogP contribution in [0.3, 0.4) is 0 Å². The normalized spacial score (nSPS) is 14.1. The summed E-state index contributed by atoms with van der Waals surface area (Å²) in [6.45, 7) is 2.02. The molecule has 0 amide bonds. The maximum absolute atomic E-state index is 8.28. The number of rotatable bonds is 3. The summed E-state index contributed by atoms with van der Waals surface area (Å²) < 4.78 is 0. The van der Waals surface area contributed by atoms with Crippen molar-refractivity contribution in [2.45, 2.75) is 25.8 Å². The van der Waals surface area contributed by atoms with Crippen LogP contribution in [0.1, 0.15) is 19.8 Å². The Morgan fingerprint density at radius 2 is 2.29 bits per heavy atom. The molecule has 0 saturated heterocycles. The summed E-state index contributed by atoms with van der Waals surface area (Å²) in [5.74, 6) is 0. The number of hydrogen-bond donors (Lipinski definition) is 1. The zero-order valence-corrected chi connectivity index (χ0v) is 4.65. The number of nitrogens with one attached hydrogen (secondary N) is 1. The average Bonchev–Trinajstić information content (AvgIpc) is 1.68. The molecule has 0 aliphatic carbocycles. The van der Waals surface area contributed by atoms with Crippen molar-refractivity contribution in [2.75, 3.05) is 6.61 Å². The fourth-order valence-corrected chi connectivity index (χ4v) is 0.440. The molecule has 0 rings (SSSR count). The molecule has 0 aliphatic rings. The number of hydrogen-bond acceptors (Lipinski definition) is 1. The van der Waals surface area contributed by atoms with Crippen molar-refractivity contribution in [3.05, 3.63) is 0 Å². The zero-order chi connectivity index (χ0) is 5.70. The first-order chi connectivity index (χ1) is 3.31. The number of aliphatic hydroxyl groups is 1. The predicted molar refractivity (Wildman–Crippen MR) is 28.9 cm³/mol. The van der Waals surface area contributed by atoms with E-state index >= 15 is 0 Å². The molecule has 7 heavy (non-hydrogen) atoms. The highest BCUT2D eigenvalue weighted by Gasteiger charge is 1.95. The van der Waals surface area contributed by atoms with Gasteiger partial charge in [0, 0.05) is 6.04 Å². The van der Waals surface area contributed by atoms with Gasteiger partial charge in [0.25, 0.3) is 0 Å². The van der Waals surface area contributed by atoms with Crippen LogP contribution < -0.4 is 5.73 Å². The second-order valence-electron chi connectivity index (χ2n) is 1.67. The van der Waals surface area contributed by atoms with Gasteiger partial charge in [-0.05, 0) is 6.42 Å². The average molecular weight is 102 g/mol. The first-order valence-electron chi connectivity index (χ1n) is 2.63. The van der Waals surface area contributed by atoms with Gasteiger partial charge in [-0.25, -0.2) is 0 Å². The monoisotopic (exact) mass is 102 g/mol. The molecule has 0 fully saturated rings. The van der Waals surface area contributed by atoms with Gasteiger partial charge in [-0.2, -0.15) is 0 Å². The molecule has 2 nitrogen and oxygen atoms in total. The summed E-state index contributed by atoms with van der Waals surface area (Å²) >= 11 is 0. The topological polar surface area (TPSA) is 44.0 Å². The lowest BCUT2D eigenvalue weighted by atomic mass is 10.2. The van der Waals surface area contributed by atoms with Gasteiger partial charge in [0.15, 0.2) is 0 Å². The van der Waals surface area contributed by atoms with E-state index in [0.717, 1.165) is 12.8 Å². The van der Waals surface area contributed by atoms with Crippen LogP contribution in [0.2, 0.25) is 0 Å². The third-order valence-electron chi connectivity index (χ3n) is 0.858. The first-order valence-corrected chi connectivity index (χ1v) is 2.63. The second-order valence-corrected chi connectivity index (χ2v) is 1.67. The lowest BCUT2D eigenvalue weighted by Crippen LogP contribution is -2.12. The maximum Gasteiger partial charge on any atom is 0.0598 e. The summed E-state index contributed by atoms with van der Waals surface area (Å²) in [7, 11) is 0. The lowest BCUT2D eigenvalue weighted by molar-refractivity contribution is 0.256. The largest absolute Gasteiger partial charge is 0.395 e. The fourth-order valence-electron chi connectivity index (χ4n) is 0.440. The third kappa shape index (κ3) is 3.76. The standard InChI is InChI=1S/C5H12NO/c1-2-3-5(6)4-7/h5-7H,2-4H2,1H3. The SMILES string of the molecule is CCCC([NH])CO. The Balaban J connectivity index is 2.83. The molecule has 0 aromatic carbocycles. The van der Waals surface area contributed by atoms with E-state index in [1.165, 1.54) is 0 Å². The van der Waals surface area contributed by atoms with Gasteiger partial charge in [-0.3, -0.25) is 5.73 Å². The lowest BCUT2D eigenvalue weighted by Gasteiger charge is -2.00. The molecule has 0 aliphatic heterocycles. The van der Waals surface area contributed by atoms with E-state index < -0.39 is 0 Å². The van der Waals surface area contributed by atoms with Crippen LogP contribution in [0, 0.1) is 0 Å². The van der Waals surface area contributed by atoms with Crippen molar-refractivity contribution < 1.29 is 5.11 Å². The smallest absolute Gasteiger partial charge is 0.0598 e. The van der Waals surface area contributed by atoms with Gasteiger partial charge in [0.05, 0.1) is 6.61 Å². The van der Waals surface area contributed by atoms with Gasteiger partial charge in [-0.15, -0.1) is 0 Å². The van der Waals surface area contributed by atoms with Crippen LogP contribution in [-0.2, 0) is 0 Å². The van der Waals surface area contributed by atoms with Crippen molar-refractivity contribution >= 4 is 0 Å². The minimum absolute atomic E-state index is 0.00778. The van der Waals surface area contributed by atoms with Gasteiger partial charge in [0.1, 0.15) is 0 Å². The summed E-state index contributed by atoms with van der Waals surface area (Å²) in [5.41, 5.74) is 6.97.